The Morgan fingerprint density at radius 3 is 1.96 bits per heavy atom. The van der Waals surface area contributed by atoms with Crippen LogP contribution < -0.4 is 0 Å². The van der Waals surface area contributed by atoms with Crippen LogP contribution in [0.5, 0.6) is 0 Å². The van der Waals surface area contributed by atoms with E-state index in [-0.39, 0.29) is 0 Å². The van der Waals surface area contributed by atoms with Crippen LogP contribution in [0.3, 0.4) is 0 Å². The second-order valence-corrected chi connectivity index (χ2v) is 11.1. The van der Waals surface area contributed by atoms with E-state index >= 15 is 0 Å². The van der Waals surface area contributed by atoms with Crippen molar-refractivity contribution in [2.24, 2.45) is 0 Å². The van der Waals surface area contributed by atoms with E-state index in [9.17, 15) is 0 Å². The lowest BCUT2D eigenvalue weighted by Gasteiger charge is -2.10. The van der Waals surface area contributed by atoms with Gasteiger partial charge in [0.05, 0.1) is 5.52 Å². The number of nitrogens with zero attached hydrogens (tertiary/aromatic N) is 4. The first-order chi connectivity index (χ1) is 22.3. The van der Waals surface area contributed by atoms with Gasteiger partial charge in [0.1, 0.15) is 11.2 Å². The normalized spacial score (nSPS) is 11.6. The molecular weight excluding hydrogens is 552 g/mol. The minimum absolute atomic E-state index is 0.594. The summed E-state index contributed by atoms with van der Waals surface area (Å²) in [5, 5.41) is 5.48. The van der Waals surface area contributed by atoms with Crippen LogP contribution in [0.1, 0.15) is 0 Å². The molecule has 0 amide bonds. The third kappa shape index (κ3) is 4.33. The lowest BCUT2D eigenvalue weighted by molar-refractivity contribution is 0.669. The Balaban J connectivity index is 1.23. The molecule has 3 aromatic heterocycles. The van der Waals surface area contributed by atoms with Crippen molar-refractivity contribution in [1.82, 2.24) is 19.9 Å². The molecule has 9 rings (SSSR count). The van der Waals surface area contributed by atoms with Crippen LogP contribution in [0.25, 0.3) is 88.9 Å². The lowest BCUT2D eigenvalue weighted by atomic mass is 9.97. The van der Waals surface area contributed by atoms with E-state index in [2.05, 4.69) is 89.9 Å². The largest absolute Gasteiger partial charge is 0.456 e. The fraction of sp³-hybridized carbons (Fsp3) is 0. The van der Waals surface area contributed by atoms with E-state index in [1.807, 2.05) is 54.6 Å². The first-order valence-electron chi connectivity index (χ1n) is 14.9. The second-order valence-electron chi connectivity index (χ2n) is 11.1. The molecule has 9 aromatic rings. The summed E-state index contributed by atoms with van der Waals surface area (Å²) < 4.78 is 6.33. The van der Waals surface area contributed by atoms with Gasteiger partial charge >= 0.3 is 0 Å². The summed E-state index contributed by atoms with van der Waals surface area (Å²) in [6.07, 6.45) is 1.80. The predicted molar refractivity (Wildman–Crippen MR) is 182 cm³/mol. The molecule has 0 saturated carbocycles. The number of hydrogen-bond acceptors (Lipinski definition) is 5. The average molecular weight is 577 g/mol. The van der Waals surface area contributed by atoms with Gasteiger partial charge in [-0.15, -0.1) is 0 Å². The van der Waals surface area contributed by atoms with Gasteiger partial charge in [-0.05, 0) is 40.1 Å². The number of aromatic nitrogens is 4. The van der Waals surface area contributed by atoms with E-state index in [1.165, 1.54) is 16.3 Å². The van der Waals surface area contributed by atoms with Gasteiger partial charge in [-0.2, -0.15) is 0 Å². The maximum absolute atomic E-state index is 6.33. The average Bonchev–Trinajstić information content (AvgIpc) is 3.48. The molecule has 45 heavy (non-hydrogen) atoms. The number of benzene rings is 6. The van der Waals surface area contributed by atoms with Crippen molar-refractivity contribution in [3.05, 3.63) is 146 Å². The molecule has 0 bridgehead atoms. The van der Waals surface area contributed by atoms with Crippen molar-refractivity contribution in [3.8, 4) is 45.3 Å². The maximum atomic E-state index is 6.33. The van der Waals surface area contributed by atoms with Crippen LogP contribution in [-0.4, -0.2) is 19.9 Å². The summed E-state index contributed by atoms with van der Waals surface area (Å²) in [6, 6.07) is 47.6. The molecular formula is C40H24N4O. The molecule has 0 N–H and O–H groups in total. The van der Waals surface area contributed by atoms with Gasteiger partial charge in [0.25, 0.3) is 0 Å². The molecule has 5 heteroatoms. The highest BCUT2D eigenvalue weighted by molar-refractivity contribution is 6.14. The van der Waals surface area contributed by atoms with Gasteiger partial charge < -0.3 is 4.42 Å². The highest BCUT2D eigenvalue weighted by atomic mass is 16.3. The van der Waals surface area contributed by atoms with Gasteiger partial charge in [-0.1, -0.05) is 115 Å². The fourth-order valence-electron chi connectivity index (χ4n) is 6.20. The number of pyridine rings is 1. The predicted octanol–water partition coefficient (Wildman–Crippen LogP) is 10.1. The van der Waals surface area contributed by atoms with Crippen molar-refractivity contribution in [2.75, 3.05) is 0 Å². The van der Waals surface area contributed by atoms with Gasteiger partial charge in [0, 0.05) is 45.1 Å². The summed E-state index contributed by atoms with van der Waals surface area (Å²) in [5.74, 6) is 1.83. The molecule has 0 aliphatic heterocycles. The van der Waals surface area contributed by atoms with Crippen LogP contribution in [0, 0.1) is 0 Å². The summed E-state index contributed by atoms with van der Waals surface area (Å²) >= 11 is 0. The van der Waals surface area contributed by atoms with Gasteiger partial charge in [0.15, 0.2) is 17.5 Å². The molecule has 0 atom stereocenters. The van der Waals surface area contributed by atoms with Crippen LogP contribution in [-0.2, 0) is 0 Å². The van der Waals surface area contributed by atoms with Crippen LogP contribution in [0.4, 0.5) is 0 Å². The van der Waals surface area contributed by atoms with Crippen LogP contribution >= 0.6 is 0 Å². The molecule has 6 aromatic carbocycles. The van der Waals surface area contributed by atoms with Gasteiger partial charge in [-0.25, -0.2) is 15.0 Å². The molecule has 0 fully saturated rings. The van der Waals surface area contributed by atoms with E-state index < -0.39 is 0 Å². The van der Waals surface area contributed by atoms with E-state index in [0.29, 0.717) is 17.5 Å². The van der Waals surface area contributed by atoms with Crippen LogP contribution in [0.15, 0.2) is 150 Å². The Labute approximate surface area is 258 Å². The standard InChI is InChI=1S/C40H24N4O/c1-2-10-27(11-3-1)38-42-39(28-20-18-26(19-21-28)31-15-6-12-25-9-4-5-14-30(25)31)44-40(43-38)32-16-7-17-35-37(32)33-23-29-13-8-22-41-34(29)24-36(33)45-35/h1-24H. The van der Waals surface area contributed by atoms with Gasteiger partial charge in [-0.3, -0.25) is 4.98 Å². The molecule has 5 nitrogen and oxygen atoms in total. The third-order valence-corrected chi connectivity index (χ3v) is 8.37. The molecule has 0 aliphatic rings. The second kappa shape index (κ2) is 10.2. The quantitative estimate of drug-likeness (QED) is 0.209. The summed E-state index contributed by atoms with van der Waals surface area (Å²) in [7, 11) is 0. The zero-order valence-corrected chi connectivity index (χ0v) is 24.1. The fourth-order valence-corrected chi connectivity index (χ4v) is 6.20. The topological polar surface area (TPSA) is 64.7 Å². The molecule has 0 saturated heterocycles. The summed E-state index contributed by atoms with van der Waals surface area (Å²) in [4.78, 5) is 19.6. The van der Waals surface area contributed by atoms with Crippen molar-refractivity contribution in [1.29, 1.82) is 0 Å². The van der Waals surface area contributed by atoms with Gasteiger partial charge in [0.2, 0.25) is 0 Å². The first-order valence-corrected chi connectivity index (χ1v) is 14.9. The lowest BCUT2D eigenvalue weighted by Crippen LogP contribution is -2.00. The molecule has 0 aliphatic carbocycles. The molecule has 3 heterocycles. The Morgan fingerprint density at radius 1 is 0.422 bits per heavy atom. The Bertz CT molecular complexity index is 2530. The number of fused-ring (bicyclic) bond motifs is 5. The third-order valence-electron chi connectivity index (χ3n) is 8.37. The smallest absolute Gasteiger partial charge is 0.164 e. The maximum Gasteiger partial charge on any atom is 0.164 e. The Hall–Kier alpha value is -6.20. The van der Waals surface area contributed by atoms with Crippen LogP contribution in [0.2, 0.25) is 0 Å². The molecule has 210 valence electrons. The zero-order valence-electron chi connectivity index (χ0n) is 24.1. The first kappa shape index (κ1) is 25.3. The van der Waals surface area contributed by atoms with E-state index in [1.54, 1.807) is 6.20 Å². The Morgan fingerprint density at radius 2 is 1.09 bits per heavy atom. The number of rotatable bonds is 4. The van der Waals surface area contributed by atoms with Crippen molar-refractivity contribution in [3.63, 3.8) is 0 Å². The minimum Gasteiger partial charge on any atom is -0.456 e. The van der Waals surface area contributed by atoms with Crippen molar-refractivity contribution < 1.29 is 4.42 Å². The minimum atomic E-state index is 0.594. The highest BCUT2D eigenvalue weighted by Gasteiger charge is 2.18. The van der Waals surface area contributed by atoms with Crippen molar-refractivity contribution >= 4 is 43.6 Å². The van der Waals surface area contributed by atoms with Crippen molar-refractivity contribution in [2.45, 2.75) is 0 Å². The van der Waals surface area contributed by atoms with E-state index in [0.717, 1.165) is 55.1 Å². The molecule has 0 radical (unpaired) electrons. The van der Waals surface area contributed by atoms with E-state index in [4.69, 9.17) is 19.4 Å². The zero-order chi connectivity index (χ0) is 29.7. The number of hydrogen-bond donors (Lipinski definition) is 0. The molecule has 0 spiro atoms. The number of furan rings is 1. The highest BCUT2D eigenvalue weighted by Crippen LogP contribution is 2.38. The summed E-state index contributed by atoms with van der Waals surface area (Å²) in [6.45, 7) is 0. The summed E-state index contributed by atoms with van der Waals surface area (Å²) in [5.41, 5.74) is 7.53. The monoisotopic (exact) mass is 576 g/mol. The Kier molecular flexibility index (Phi) is 5.74. The SMILES string of the molecule is c1ccc(-c2nc(-c3ccc(-c4cccc5ccccc45)cc3)nc(-c3cccc4oc5cc6ncccc6cc5c34)n2)cc1. The molecule has 0 unspecified atom stereocenters.